The Kier molecular flexibility index (Phi) is 4.66. The van der Waals surface area contributed by atoms with Gasteiger partial charge >= 0.3 is 0 Å². The lowest BCUT2D eigenvalue weighted by molar-refractivity contribution is 1.38. The molecule has 94 valence electrons. The summed E-state index contributed by atoms with van der Waals surface area (Å²) in [5.41, 5.74) is 8.74. The van der Waals surface area contributed by atoms with Crippen molar-refractivity contribution in [3.63, 3.8) is 0 Å². The van der Waals surface area contributed by atoms with Gasteiger partial charge in [0.05, 0.1) is 6.07 Å². The number of thioether (sulfide) groups is 1. The monoisotopic (exact) mass is 266 g/mol. The van der Waals surface area contributed by atoms with Gasteiger partial charge in [-0.05, 0) is 35.4 Å². The Labute approximate surface area is 117 Å². The van der Waals surface area contributed by atoms with E-state index in [4.69, 9.17) is 11.0 Å². The molecular formula is C16H14N2S. The molecule has 2 N–H and O–H groups in total. The molecule has 0 saturated carbocycles. The highest BCUT2D eigenvalue weighted by Gasteiger charge is 2.00. The highest BCUT2D eigenvalue weighted by atomic mass is 32.2. The maximum Gasteiger partial charge on any atom is 0.0912 e. The maximum absolute atomic E-state index is 8.56. The predicted molar refractivity (Wildman–Crippen MR) is 81.5 cm³/mol. The van der Waals surface area contributed by atoms with Crippen molar-refractivity contribution in [2.45, 2.75) is 10.6 Å². The molecule has 0 unspecified atom stereocenters. The van der Waals surface area contributed by atoms with Crippen LogP contribution in [0.4, 0.5) is 5.69 Å². The standard InChI is InChI=1S/C16H14N2S/c17-10-4-7-14-11-15(8-9-16(14)18)19-12-13-5-2-1-3-6-13/h1-9,11H,12,18H2. The van der Waals surface area contributed by atoms with Gasteiger partial charge in [-0.1, -0.05) is 30.3 Å². The molecule has 19 heavy (non-hydrogen) atoms. The Morgan fingerprint density at radius 1 is 1.16 bits per heavy atom. The van der Waals surface area contributed by atoms with Crippen LogP contribution in [0.1, 0.15) is 11.1 Å². The molecule has 2 nitrogen and oxygen atoms in total. The van der Waals surface area contributed by atoms with Gasteiger partial charge in [0.25, 0.3) is 0 Å². The zero-order valence-electron chi connectivity index (χ0n) is 10.4. The van der Waals surface area contributed by atoms with Gasteiger partial charge in [-0.15, -0.1) is 11.8 Å². The number of nitrogens with zero attached hydrogens (tertiary/aromatic N) is 1. The number of anilines is 1. The van der Waals surface area contributed by atoms with E-state index in [-0.39, 0.29) is 0 Å². The lowest BCUT2D eigenvalue weighted by Crippen LogP contribution is -1.89. The van der Waals surface area contributed by atoms with Crippen LogP contribution >= 0.6 is 11.8 Å². The lowest BCUT2D eigenvalue weighted by Gasteiger charge is -2.05. The second-order valence-electron chi connectivity index (χ2n) is 4.03. The minimum atomic E-state index is 0.690. The van der Waals surface area contributed by atoms with Crippen molar-refractivity contribution in [2.75, 3.05) is 5.73 Å². The molecule has 0 aliphatic heterocycles. The summed E-state index contributed by atoms with van der Waals surface area (Å²) < 4.78 is 0. The van der Waals surface area contributed by atoms with Crippen LogP contribution in [-0.4, -0.2) is 0 Å². The molecule has 0 aromatic heterocycles. The van der Waals surface area contributed by atoms with Crippen molar-refractivity contribution in [3.05, 3.63) is 65.7 Å². The van der Waals surface area contributed by atoms with E-state index in [0.717, 1.165) is 16.2 Å². The van der Waals surface area contributed by atoms with E-state index in [2.05, 4.69) is 12.1 Å². The predicted octanol–water partition coefficient (Wildman–Crippen LogP) is 4.10. The molecule has 0 radical (unpaired) electrons. The summed E-state index contributed by atoms with van der Waals surface area (Å²) in [6.07, 6.45) is 3.18. The molecule has 0 spiro atoms. The van der Waals surface area contributed by atoms with Crippen molar-refractivity contribution in [3.8, 4) is 6.07 Å². The van der Waals surface area contributed by atoms with Gasteiger partial charge in [0.15, 0.2) is 0 Å². The Morgan fingerprint density at radius 3 is 2.68 bits per heavy atom. The third kappa shape index (κ3) is 3.90. The number of hydrogen-bond donors (Lipinski definition) is 1. The van der Waals surface area contributed by atoms with Crippen LogP contribution < -0.4 is 5.73 Å². The smallest absolute Gasteiger partial charge is 0.0912 e. The van der Waals surface area contributed by atoms with Gasteiger partial charge in [0.1, 0.15) is 0 Å². The summed E-state index contributed by atoms with van der Waals surface area (Å²) in [7, 11) is 0. The minimum absolute atomic E-state index is 0.690. The topological polar surface area (TPSA) is 49.8 Å². The Morgan fingerprint density at radius 2 is 1.95 bits per heavy atom. The molecule has 0 bridgehead atoms. The average molecular weight is 266 g/mol. The van der Waals surface area contributed by atoms with Crippen molar-refractivity contribution in [1.29, 1.82) is 5.26 Å². The van der Waals surface area contributed by atoms with E-state index >= 15 is 0 Å². The summed E-state index contributed by atoms with van der Waals surface area (Å²) in [5.74, 6) is 0.923. The molecule has 0 fully saturated rings. The summed E-state index contributed by atoms with van der Waals surface area (Å²) in [5, 5.41) is 8.56. The third-order valence-corrected chi connectivity index (χ3v) is 3.71. The zero-order valence-corrected chi connectivity index (χ0v) is 11.2. The van der Waals surface area contributed by atoms with Gasteiger partial charge in [-0.3, -0.25) is 0 Å². The first kappa shape index (κ1) is 13.3. The number of nitriles is 1. The highest BCUT2D eigenvalue weighted by molar-refractivity contribution is 7.98. The largest absolute Gasteiger partial charge is 0.398 e. The summed E-state index contributed by atoms with van der Waals surface area (Å²) in [6, 6.07) is 18.2. The summed E-state index contributed by atoms with van der Waals surface area (Å²) in [4.78, 5) is 1.15. The van der Waals surface area contributed by atoms with Crippen LogP contribution in [0.25, 0.3) is 6.08 Å². The first-order valence-corrected chi connectivity index (χ1v) is 6.90. The van der Waals surface area contributed by atoms with Crippen LogP contribution in [0.3, 0.4) is 0 Å². The first-order chi connectivity index (χ1) is 9.29. The summed E-state index contributed by atoms with van der Waals surface area (Å²) >= 11 is 1.76. The number of allylic oxidation sites excluding steroid dienone is 1. The molecule has 0 atom stereocenters. The molecule has 0 saturated heterocycles. The Bertz CT molecular complexity index is 612. The summed E-state index contributed by atoms with van der Waals surface area (Å²) in [6.45, 7) is 0. The maximum atomic E-state index is 8.56. The Balaban J connectivity index is 2.09. The average Bonchev–Trinajstić information content (AvgIpc) is 2.46. The van der Waals surface area contributed by atoms with Crippen LogP contribution in [0.5, 0.6) is 0 Å². The number of benzene rings is 2. The minimum Gasteiger partial charge on any atom is -0.398 e. The van der Waals surface area contributed by atoms with Crippen LogP contribution in [0.15, 0.2) is 59.5 Å². The van der Waals surface area contributed by atoms with Gasteiger partial charge in [0, 0.05) is 22.4 Å². The quantitative estimate of drug-likeness (QED) is 0.515. The zero-order chi connectivity index (χ0) is 13.5. The van der Waals surface area contributed by atoms with Crippen molar-refractivity contribution < 1.29 is 0 Å². The number of hydrogen-bond acceptors (Lipinski definition) is 3. The van der Waals surface area contributed by atoms with E-state index in [9.17, 15) is 0 Å². The van der Waals surface area contributed by atoms with Gasteiger partial charge in [0.2, 0.25) is 0 Å². The number of nitrogen functional groups attached to an aromatic ring is 1. The normalized spacial score (nSPS) is 10.5. The first-order valence-electron chi connectivity index (χ1n) is 5.92. The highest BCUT2D eigenvalue weighted by Crippen LogP contribution is 2.26. The van der Waals surface area contributed by atoms with E-state index in [1.54, 1.807) is 17.8 Å². The van der Waals surface area contributed by atoms with E-state index in [1.807, 2.05) is 42.5 Å². The van der Waals surface area contributed by atoms with Gasteiger partial charge in [-0.25, -0.2) is 0 Å². The third-order valence-electron chi connectivity index (χ3n) is 2.64. The number of nitrogens with two attached hydrogens (primary N) is 1. The SMILES string of the molecule is N#CC=Cc1cc(SCc2ccccc2)ccc1N. The fourth-order valence-electron chi connectivity index (χ4n) is 1.65. The fourth-order valence-corrected chi connectivity index (χ4v) is 2.56. The van der Waals surface area contributed by atoms with Crippen LogP contribution in [0.2, 0.25) is 0 Å². The molecule has 2 rings (SSSR count). The molecule has 0 aliphatic rings. The van der Waals surface area contributed by atoms with Gasteiger partial charge in [-0.2, -0.15) is 5.26 Å². The van der Waals surface area contributed by atoms with E-state index in [1.165, 1.54) is 11.6 Å². The van der Waals surface area contributed by atoms with Gasteiger partial charge < -0.3 is 5.73 Å². The Hall–Kier alpha value is -2.18. The molecule has 3 heteroatoms. The molecule has 2 aromatic carbocycles. The van der Waals surface area contributed by atoms with E-state index in [0.29, 0.717) is 5.69 Å². The lowest BCUT2D eigenvalue weighted by atomic mass is 10.2. The van der Waals surface area contributed by atoms with E-state index < -0.39 is 0 Å². The van der Waals surface area contributed by atoms with Crippen molar-refractivity contribution in [1.82, 2.24) is 0 Å². The van der Waals surface area contributed by atoms with Crippen molar-refractivity contribution in [2.24, 2.45) is 0 Å². The van der Waals surface area contributed by atoms with Crippen LogP contribution in [-0.2, 0) is 5.75 Å². The molecular weight excluding hydrogens is 252 g/mol. The molecule has 2 aromatic rings. The van der Waals surface area contributed by atoms with Crippen LogP contribution in [0, 0.1) is 11.3 Å². The van der Waals surface area contributed by atoms with Crippen molar-refractivity contribution >= 4 is 23.5 Å². The second kappa shape index (κ2) is 6.67. The molecule has 0 aliphatic carbocycles. The fraction of sp³-hybridized carbons (Fsp3) is 0.0625. The number of rotatable bonds is 4. The second-order valence-corrected chi connectivity index (χ2v) is 5.08. The molecule has 0 heterocycles. The molecule has 0 amide bonds.